The standard InChI is InChI=1S/C18H23N3O2/c1-2-8-21-17(22)13-16(18(21)23)20-11-9-19(10-12-20)14-15-6-4-3-5-7-15/h2-7,16H,1,8-14H2. The van der Waals surface area contributed by atoms with Crippen LogP contribution in [0.1, 0.15) is 12.0 Å². The summed E-state index contributed by atoms with van der Waals surface area (Å²) in [5, 5.41) is 0. The van der Waals surface area contributed by atoms with Crippen molar-refractivity contribution < 1.29 is 9.59 Å². The van der Waals surface area contributed by atoms with E-state index in [2.05, 4.69) is 40.6 Å². The second-order valence-electron chi connectivity index (χ2n) is 6.15. The molecule has 23 heavy (non-hydrogen) atoms. The molecule has 1 aromatic rings. The van der Waals surface area contributed by atoms with Gasteiger partial charge in [0, 0.05) is 39.3 Å². The van der Waals surface area contributed by atoms with E-state index in [1.54, 1.807) is 6.08 Å². The zero-order chi connectivity index (χ0) is 16.2. The van der Waals surface area contributed by atoms with Crippen LogP contribution >= 0.6 is 0 Å². The summed E-state index contributed by atoms with van der Waals surface area (Å²) in [7, 11) is 0. The van der Waals surface area contributed by atoms with Crippen LogP contribution in [0.4, 0.5) is 0 Å². The third kappa shape index (κ3) is 3.51. The molecular weight excluding hydrogens is 290 g/mol. The second-order valence-corrected chi connectivity index (χ2v) is 6.15. The number of rotatable bonds is 5. The second kappa shape index (κ2) is 7.06. The minimum atomic E-state index is -0.277. The van der Waals surface area contributed by atoms with E-state index in [1.165, 1.54) is 10.5 Å². The minimum Gasteiger partial charge on any atom is -0.297 e. The summed E-state index contributed by atoms with van der Waals surface area (Å²) in [6.45, 7) is 8.39. The first-order valence-corrected chi connectivity index (χ1v) is 8.14. The molecule has 0 spiro atoms. The van der Waals surface area contributed by atoms with E-state index >= 15 is 0 Å². The molecule has 0 bridgehead atoms. The summed E-state index contributed by atoms with van der Waals surface area (Å²) in [5.74, 6) is -0.141. The Balaban J connectivity index is 1.54. The van der Waals surface area contributed by atoms with Crippen molar-refractivity contribution in [3.8, 4) is 0 Å². The monoisotopic (exact) mass is 313 g/mol. The van der Waals surface area contributed by atoms with E-state index in [4.69, 9.17) is 0 Å². The highest BCUT2D eigenvalue weighted by Crippen LogP contribution is 2.20. The first-order valence-electron chi connectivity index (χ1n) is 8.14. The number of amides is 2. The summed E-state index contributed by atoms with van der Waals surface area (Å²) >= 11 is 0. The van der Waals surface area contributed by atoms with E-state index < -0.39 is 0 Å². The van der Waals surface area contributed by atoms with Crippen molar-refractivity contribution in [3.05, 3.63) is 48.6 Å². The van der Waals surface area contributed by atoms with Crippen LogP contribution in [-0.2, 0) is 16.1 Å². The van der Waals surface area contributed by atoms with Gasteiger partial charge < -0.3 is 0 Å². The molecule has 2 amide bonds. The number of benzene rings is 1. The Morgan fingerprint density at radius 1 is 1.09 bits per heavy atom. The molecule has 0 aliphatic carbocycles. The molecular formula is C18H23N3O2. The fraction of sp³-hybridized carbons (Fsp3) is 0.444. The van der Waals surface area contributed by atoms with Gasteiger partial charge in [-0.1, -0.05) is 36.4 Å². The Labute approximate surface area is 137 Å². The van der Waals surface area contributed by atoms with Gasteiger partial charge in [-0.15, -0.1) is 6.58 Å². The van der Waals surface area contributed by atoms with E-state index in [1.807, 2.05) is 6.07 Å². The van der Waals surface area contributed by atoms with E-state index in [-0.39, 0.29) is 17.9 Å². The predicted octanol–water partition coefficient (Wildman–Crippen LogP) is 1.12. The summed E-state index contributed by atoms with van der Waals surface area (Å²) < 4.78 is 0. The van der Waals surface area contributed by atoms with Crippen LogP contribution in [-0.4, -0.2) is 65.3 Å². The Bertz CT molecular complexity index is 579. The number of hydrogen-bond acceptors (Lipinski definition) is 4. The molecule has 0 aromatic heterocycles. The highest BCUT2D eigenvalue weighted by atomic mass is 16.2. The molecule has 2 aliphatic rings. The van der Waals surface area contributed by atoms with Crippen molar-refractivity contribution in [2.75, 3.05) is 32.7 Å². The van der Waals surface area contributed by atoms with E-state index in [0.717, 1.165) is 32.7 Å². The first kappa shape index (κ1) is 15.9. The lowest BCUT2D eigenvalue weighted by Crippen LogP contribution is -2.52. The molecule has 122 valence electrons. The maximum Gasteiger partial charge on any atom is 0.247 e. The van der Waals surface area contributed by atoms with Gasteiger partial charge in [0.1, 0.15) is 0 Å². The summed E-state index contributed by atoms with van der Waals surface area (Å²) in [6.07, 6.45) is 1.92. The zero-order valence-corrected chi connectivity index (χ0v) is 13.4. The average Bonchev–Trinajstić information content (AvgIpc) is 2.85. The molecule has 3 rings (SSSR count). The number of likely N-dealkylation sites (tertiary alicyclic amines) is 1. The van der Waals surface area contributed by atoms with Gasteiger partial charge in [0.15, 0.2) is 0 Å². The molecule has 1 unspecified atom stereocenters. The molecule has 0 radical (unpaired) electrons. The largest absolute Gasteiger partial charge is 0.297 e. The number of imide groups is 1. The van der Waals surface area contributed by atoms with E-state index in [0.29, 0.717) is 13.0 Å². The maximum atomic E-state index is 12.4. The minimum absolute atomic E-state index is 0.0635. The number of nitrogens with zero attached hydrogens (tertiary/aromatic N) is 3. The Morgan fingerprint density at radius 3 is 2.43 bits per heavy atom. The van der Waals surface area contributed by atoms with Gasteiger partial charge in [0.25, 0.3) is 0 Å². The quantitative estimate of drug-likeness (QED) is 0.603. The molecule has 0 N–H and O–H groups in total. The Morgan fingerprint density at radius 2 is 1.78 bits per heavy atom. The van der Waals surface area contributed by atoms with Crippen LogP contribution in [0.15, 0.2) is 43.0 Å². The molecule has 2 saturated heterocycles. The fourth-order valence-electron chi connectivity index (χ4n) is 3.35. The van der Waals surface area contributed by atoms with Gasteiger partial charge >= 0.3 is 0 Å². The number of carbonyl (C=O) groups excluding carboxylic acids is 2. The van der Waals surface area contributed by atoms with Crippen LogP contribution in [0, 0.1) is 0 Å². The molecule has 2 heterocycles. The van der Waals surface area contributed by atoms with Crippen molar-refractivity contribution in [2.24, 2.45) is 0 Å². The highest BCUT2D eigenvalue weighted by molar-refractivity contribution is 6.05. The lowest BCUT2D eigenvalue weighted by molar-refractivity contribution is -0.139. The number of hydrogen-bond donors (Lipinski definition) is 0. The molecule has 5 nitrogen and oxygen atoms in total. The van der Waals surface area contributed by atoms with Gasteiger partial charge in [-0.2, -0.15) is 0 Å². The summed E-state index contributed by atoms with van der Waals surface area (Å²) in [6, 6.07) is 10.1. The SMILES string of the molecule is C=CCN1C(=O)CC(N2CCN(Cc3ccccc3)CC2)C1=O. The molecule has 2 aliphatic heterocycles. The third-order valence-electron chi connectivity index (χ3n) is 4.63. The van der Waals surface area contributed by atoms with Crippen LogP contribution in [0.3, 0.4) is 0 Å². The topological polar surface area (TPSA) is 43.9 Å². The van der Waals surface area contributed by atoms with Crippen LogP contribution in [0.5, 0.6) is 0 Å². The third-order valence-corrected chi connectivity index (χ3v) is 4.63. The van der Waals surface area contributed by atoms with Crippen LogP contribution < -0.4 is 0 Å². The molecule has 1 atom stereocenters. The smallest absolute Gasteiger partial charge is 0.247 e. The summed E-state index contributed by atoms with van der Waals surface area (Å²) in [5.41, 5.74) is 1.31. The average molecular weight is 313 g/mol. The number of piperazine rings is 1. The van der Waals surface area contributed by atoms with Gasteiger partial charge in [-0.05, 0) is 5.56 Å². The summed E-state index contributed by atoms with van der Waals surface area (Å²) in [4.78, 5) is 30.2. The van der Waals surface area contributed by atoms with Crippen molar-refractivity contribution in [1.29, 1.82) is 0 Å². The van der Waals surface area contributed by atoms with Crippen molar-refractivity contribution in [1.82, 2.24) is 14.7 Å². The normalized spacial score (nSPS) is 23.5. The van der Waals surface area contributed by atoms with Gasteiger partial charge in [0.2, 0.25) is 11.8 Å². The molecule has 1 aromatic carbocycles. The van der Waals surface area contributed by atoms with Gasteiger partial charge in [-0.25, -0.2) is 0 Å². The van der Waals surface area contributed by atoms with Crippen molar-refractivity contribution in [2.45, 2.75) is 19.0 Å². The van der Waals surface area contributed by atoms with Crippen LogP contribution in [0.2, 0.25) is 0 Å². The van der Waals surface area contributed by atoms with Crippen LogP contribution in [0.25, 0.3) is 0 Å². The fourth-order valence-corrected chi connectivity index (χ4v) is 3.35. The van der Waals surface area contributed by atoms with Crippen molar-refractivity contribution in [3.63, 3.8) is 0 Å². The van der Waals surface area contributed by atoms with Crippen molar-refractivity contribution >= 4 is 11.8 Å². The molecule has 5 heteroatoms. The van der Waals surface area contributed by atoms with E-state index in [9.17, 15) is 9.59 Å². The zero-order valence-electron chi connectivity index (χ0n) is 13.4. The van der Waals surface area contributed by atoms with Gasteiger partial charge in [0.05, 0.1) is 12.5 Å². The Hall–Kier alpha value is -1.98. The van der Waals surface area contributed by atoms with Gasteiger partial charge in [-0.3, -0.25) is 24.3 Å². The lowest BCUT2D eigenvalue weighted by Gasteiger charge is -2.37. The highest BCUT2D eigenvalue weighted by Gasteiger charge is 2.41. The first-order chi connectivity index (χ1) is 11.2. The Kier molecular flexibility index (Phi) is 4.88. The number of carbonyl (C=O) groups is 2. The molecule has 2 fully saturated rings. The predicted molar refractivity (Wildman–Crippen MR) is 88.6 cm³/mol. The maximum absolute atomic E-state index is 12.4. The molecule has 0 saturated carbocycles. The lowest BCUT2D eigenvalue weighted by atomic mass is 10.1.